The van der Waals surface area contributed by atoms with Crippen molar-refractivity contribution >= 4 is 23.0 Å². The third-order valence-electron chi connectivity index (χ3n) is 5.94. The van der Waals surface area contributed by atoms with Gasteiger partial charge in [-0.25, -0.2) is 19.3 Å². The lowest BCUT2D eigenvalue weighted by molar-refractivity contribution is -0.274. The summed E-state index contributed by atoms with van der Waals surface area (Å²) in [5, 5.41) is 9.26. The standard InChI is InChI=1S/C24H19F4N5O3/c25-18-8-13(15-10-29-23(30-11-15)33-7-1-2-14(12-33)22(34)35)3-5-17(18)21-31-19-6-4-16(9-20(19)32-21)36-24(26,27)28/h3-6,8-11,14H,1-2,7,12H2,(H,31,32)(H,34,35). The number of alkyl halides is 3. The Hall–Kier alpha value is -4.22. The van der Waals surface area contributed by atoms with E-state index >= 15 is 4.39 Å². The van der Waals surface area contributed by atoms with E-state index < -0.39 is 29.8 Å². The minimum absolute atomic E-state index is 0.138. The fraction of sp³-hybridized carbons (Fsp3) is 0.250. The molecule has 2 aromatic carbocycles. The van der Waals surface area contributed by atoms with Crippen LogP contribution in [-0.4, -0.2) is 50.5 Å². The number of hydrogen-bond acceptors (Lipinski definition) is 6. The second kappa shape index (κ2) is 9.10. The van der Waals surface area contributed by atoms with Gasteiger partial charge in [0.2, 0.25) is 5.95 Å². The number of carboxylic acid groups (broad SMARTS) is 1. The first-order chi connectivity index (χ1) is 17.2. The number of carbonyl (C=O) groups is 1. The molecule has 186 valence electrons. The van der Waals surface area contributed by atoms with Gasteiger partial charge in [0.25, 0.3) is 0 Å². The summed E-state index contributed by atoms with van der Waals surface area (Å²) in [4.78, 5) is 28.9. The van der Waals surface area contributed by atoms with Gasteiger partial charge in [0, 0.05) is 37.1 Å². The van der Waals surface area contributed by atoms with Crippen molar-refractivity contribution in [3.05, 3.63) is 54.6 Å². The van der Waals surface area contributed by atoms with Crippen molar-refractivity contribution in [2.45, 2.75) is 19.2 Å². The zero-order valence-corrected chi connectivity index (χ0v) is 18.6. The van der Waals surface area contributed by atoms with E-state index in [1.807, 2.05) is 4.90 Å². The molecule has 2 N–H and O–H groups in total. The van der Waals surface area contributed by atoms with E-state index in [1.54, 1.807) is 18.5 Å². The second-order valence-corrected chi connectivity index (χ2v) is 8.40. The molecule has 1 atom stereocenters. The van der Waals surface area contributed by atoms with E-state index in [4.69, 9.17) is 0 Å². The molecule has 1 saturated heterocycles. The molecular weight excluding hydrogens is 482 g/mol. The summed E-state index contributed by atoms with van der Waals surface area (Å²) in [5.41, 5.74) is 1.84. The molecule has 1 fully saturated rings. The zero-order valence-electron chi connectivity index (χ0n) is 18.6. The maximum absolute atomic E-state index is 15.0. The minimum atomic E-state index is -4.82. The van der Waals surface area contributed by atoms with Gasteiger partial charge < -0.3 is 19.7 Å². The van der Waals surface area contributed by atoms with Crippen molar-refractivity contribution in [3.8, 4) is 28.3 Å². The van der Waals surface area contributed by atoms with Crippen LogP contribution in [0.5, 0.6) is 5.75 Å². The first-order valence-electron chi connectivity index (χ1n) is 11.0. The van der Waals surface area contributed by atoms with Crippen LogP contribution in [0.2, 0.25) is 0 Å². The summed E-state index contributed by atoms with van der Waals surface area (Å²) in [7, 11) is 0. The smallest absolute Gasteiger partial charge is 0.481 e. The quantitative estimate of drug-likeness (QED) is 0.370. The molecule has 0 radical (unpaired) electrons. The number of H-pyrrole nitrogens is 1. The number of carboxylic acids is 1. The molecule has 0 bridgehead atoms. The van der Waals surface area contributed by atoms with Gasteiger partial charge in [0.05, 0.1) is 22.5 Å². The number of rotatable bonds is 5. The number of anilines is 1. The SMILES string of the molecule is O=C(O)C1CCCN(c2ncc(-c3ccc(-c4nc5ccc(OC(F)(F)F)cc5[nH]4)c(F)c3)cn2)C1. The Labute approximate surface area is 201 Å². The highest BCUT2D eigenvalue weighted by atomic mass is 19.4. The lowest BCUT2D eigenvalue weighted by atomic mass is 9.99. The molecule has 0 spiro atoms. The van der Waals surface area contributed by atoms with Crippen molar-refractivity contribution < 1.29 is 32.2 Å². The van der Waals surface area contributed by atoms with Crippen molar-refractivity contribution in [2.24, 2.45) is 5.92 Å². The molecule has 0 aliphatic carbocycles. The third kappa shape index (κ3) is 4.92. The molecule has 0 amide bonds. The molecule has 0 saturated carbocycles. The van der Waals surface area contributed by atoms with Gasteiger partial charge in [0.1, 0.15) is 17.4 Å². The lowest BCUT2D eigenvalue weighted by Gasteiger charge is -2.30. The van der Waals surface area contributed by atoms with E-state index in [9.17, 15) is 23.1 Å². The Morgan fingerprint density at radius 1 is 1.11 bits per heavy atom. The number of nitrogens with zero attached hydrogens (tertiary/aromatic N) is 4. The fourth-order valence-electron chi connectivity index (χ4n) is 4.19. The maximum atomic E-state index is 15.0. The number of imidazole rings is 1. The summed E-state index contributed by atoms with van der Waals surface area (Å²) in [6, 6.07) is 8.08. The van der Waals surface area contributed by atoms with Crippen LogP contribution in [0, 0.1) is 11.7 Å². The average molecular weight is 501 g/mol. The van der Waals surface area contributed by atoms with Gasteiger partial charge in [-0.2, -0.15) is 0 Å². The molecule has 36 heavy (non-hydrogen) atoms. The highest BCUT2D eigenvalue weighted by Crippen LogP contribution is 2.30. The van der Waals surface area contributed by atoms with Gasteiger partial charge >= 0.3 is 12.3 Å². The molecule has 3 heterocycles. The monoisotopic (exact) mass is 501 g/mol. The van der Waals surface area contributed by atoms with E-state index in [0.29, 0.717) is 42.1 Å². The first kappa shape index (κ1) is 23.5. The van der Waals surface area contributed by atoms with Crippen LogP contribution in [0.4, 0.5) is 23.5 Å². The van der Waals surface area contributed by atoms with Crippen molar-refractivity contribution in [2.75, 3.05) is 18.0 Å². The average Bonchev–Trinajstić information content (AvgIpc) is 3.26. The molecule has 8 nitrogen and oxygen atoms in total. The predicted octanol–water partition coefficient (Wildman–Crippen LogP) is 5.03. The number of halogens is 4. The van der Waals surface area contributed by atoms with E-state index in [2.05, 4.69) is 24.7 Å². The first-order valence-corrected chi connectivity index (χ1v) is 11.0. The topological polar surface area (TPSA) is 104 Å². The number of aromatic nitrogens is 4. The van der Waals surface area contributed by atoms with Crippen LogP contribution in [0.15, 0.2) is 48.8 Å². The van der Waals surface area contributed by atoms with Crippen LogP contribution >= 0.6 is 0 Å². The van der Waals surface area contributed by atoms with E-state index in [-0.39, 0.29) is 16.9 Å². The zero-order chi connectivity index (χ0) is 25.4. The Bertz CT molecular complexity index is 1420. The number of benzene rings is 2. The molecule has 4 aromatic rings. The minimum Gasteiger partial charge on any atom is -0.481 e. The van der Waals surface area contributed by atoms with Crippen LogP contribution in [-0.2, 0) is 4.79 Å². The van der Waals surface area contributed by atoms with Crippen molar-refractivity contribution in [1.82, 2.24) is 19.9 Å². The number of nitrogens with one attached hydrogen (secondary N) is 1. The molecular formula is C24H19F4N5O3. The van der Waals surface area contributed by atoms with Crippen molar-refractivity contribution in [3.63, 3.8) is 0 Å². The molecule has 1 aliphatic heterocycles. The Kier molecular flexibility index (Phi) is 5.94. The molecule has 1 unspecified atom stereocenters. The van der Waals surface area contributed by atoms with Gasteiger partial charge in [-0.05, 0) is 42.7 Å². The number of aromatic amines is 1. The molecule has 1 aliphatic rings. The Morgan fingerprint density at radius 3 is 2.58 bits per heavy atom. The van der Waals surface area contributed by atoms with Gasteiger partial charge in [-0.3, -0.25) is 4.79 Å². The third-order valence-corrected chi connectivity index (χ3v) is 5.94. The maximum Gasteiger partial charge on any atom is 0.573 e. The van der Waals surface area contributed by atoms with E-state index in [0.717, 1.165) is 18.6 Å². The summed E-state index contributed by atoms with van der Waals surface area (Å²) in [6.07, 6.45) is -0.388. The van der Waals surface area contributed by atoms with E-state index in [1.165, 1.54) is 18.2 Å². The van der Waals surface area contributed by atoms with Gasteiger partial charge in [-0.15, -0.1) is 13.2 Å². The fourth-order valence-corrected chi connectivity index (χ4v) is 4.19. The second-order valence-electron chi connectivity index (χ2n) is 8.40. The summed E-state index contributed by atoms with van der Waals surface area (Å²) in [6.45, 7) is 0.993. The molecule has 5 rings (SSSR count). The largest absolute Gasteiger partial charge is 0.573 e. The highest BCUT2D eigenvalue weighted by molar-refractivity contribution is 5.81. The highest BCUT2D eigenvalue weighted by Gasteiger charge is 2.31. The molecule has 2 aromatic heterocycles. The number of piperidine rings is 1. The van der Waals surface area contributed by atoms with Crippen molar-refractivity contribution in [1.29, 1.82) is 0 Å². The number of hydrogen-bond donors (Lipinski definition) is 2. The lowest BCUT2D eigenvalue weighted by Crippen LogP contribution is -2.39. The van der Waals surface area contributed by atoms with Gasteiger partial charge in [-0.1, -0.05) is 6.07 Å². The van der Waals surface area contributed by atoms with Crippen LogP contribution in [0.3, 0.4) is 0 Å². The number of ether oxygens (including phenoxy) is 1. The summed E-state index contributed by atoms with van der Waals surface area (Å²) >= 11 is 0. The predicted molar refractivity (Wildman–Crippen MR) is 122 cm³/mol. The van der Waals surface area contributed by atoms with Crippen LogP contribution in [0.1, 0.15) is 12.8 Å². The van der Waals surface area contributed by atoms with Crippen LogP contribution in [0.25, 0.3) is 33.5 Å². The summed E-state index contributed by atoms with van der Waals surface area (Å²) in [5.74, 6) is -1.74. The number of aliphatic carboxylic acids is 1. The Morgan fingerprint density at radius 2 is 1.89 bits per heavy atom. The van der Waals surface area contributed by atoms with Crippen LogP contribution < -0.4 is 9.64 Å². The Balaban J connectivity index is 1.36. The molecule has 12 heteroatoms. The normalized spacial score (nSPS) is 16.3. The number of fused-ring (bicyclic) bond motifs is 1. The van der Waals surface area contributed by atoms with Gasteiger partial charge in [0.15, 0.2) is 0 Å². The summed E-state index contributed by atoms with van der Waals surface area (Å²) < 4.78 is 56.3.